The van der Waals surface area contributed by atoms with Gasteiger partial charge in [0.15, 0.2) is 0 Å². The molecule has 1 aromatic rings. The van der Waals surface area contributed by atoms with Gasteiger partial charge in [0.1, 0.15) is 0 Å². The van der Waals surface area contributed by atoms with E-state index in [0.29, 0.717) is 12.8 Å². The first-order valence-corrected chi connectivity index (χ1v) is 9.11. The first kappa shape index (κ1) is 20.5. The molecule has 0 spiro atoms. The van der Waals surface area contributed by atoms with Crippen LogP contribution in [0.4, 0.5) is 8.78 Å². The third kappa shape index (κ3) is 6.52. The zero-order valence-corrected chi connectivity index (χ0v) is 14.6. The Balaban J connectivity index is 2.31. The quantitative estimate of drug-likeness (QED) is 0.361. The molecule has 0 aliphatic rings. The Labute approximate surface area is 141 Å². The summed E-state index contributed by atoms with van der Waals surface area (Å²) >= 11 is 0. The standard InChI is InChI=1S/C16H22F2O5S/c1-3-22-15(19)16(17,18)11-5-4-6-12-23-24(20,21)14-9-7-13(2)8-10-14/h7-10H,3-6,11-12H2,1-2H3. The highest BCUT2D eigenvalue weighted by Crippen LogP contribution is 2.23. The fraction of sp³-hybridized carbons (Fsp3) is 0.562. The van der Waals surface area contributed by atoms with Crippen LogP contribution in [0.5, 0.6) is 0 Å². The van der Waals surface area contributed by atoms with Gasteiger partial charge in [-0.2, -0.15) is 17.2 Å². The molecule has 0 saturated heterocycles. The molecular formula is C16H22F2O5S. The summed E-state index contributed by atoms with van der Waals surface area (Å²) in [6.07, 6.45) is 0.0543. The molecule has 136 valence electrons. The minimum absolute atomic E-state index is 0.0574. The predicted molar refractivity (Wildman–Crippen MR) is 84.4 cm³/mol. The molecule has 0 fully saturated rings. The smallest absolute Gasteiger partial charge is 0.376 e. The minimum Gasteiger partial charge on any atom is -0.462 e. The Bertz CT molecular complexity index is 626. The van der Waals surface area contributed by atoms with Crippen LogP contribution < -0.4 is 0 Å². The lowest BCUT2D eigenvalue weighted by molar-refractivity contribution is -0.172. The Morgan fingerprint density at radius 1 is 1.12 bits per heavy atom. The van der Waals surface area contributed by atoms with Crippen molar-refractivity contribution in [2.75, 3.05) is 13.2 Å². The van der Waals surface area contributed by atoms with Crippen molar-refractivity contribution in [1.82, 2.24) is 0 Å². The molecule has 0 unspecified atom stereocenters. The zero-order valence-electron chi connectivity index (χ0n) is 13.8. The number of rotatable bonds is 10. The van der Waals surface area contributed by atoms with E-state index >= 15 is 0 Å². The predicted octanol–water partition coefficient (Wildman–Crippen LogP) is 3.46. The second kappa shape index (κ2) is 9.08. The molecule has 0 saturated carbocycles. The maximum absolute atomic E-state index is 13.4. The van der Waals surface area contributed by atoms with E-state index in [2.05, 4.69) is 4.74 Å². The van der Waals surface area contributed by atoms with Crippen molar-refractivity contribution in [3.63, 3.8) is 0 Å². The molecule has 0 N–H and O–H groups in total. The van der Waals surface area contributed by atoms with E-state index in [0.717, 1.165) is 5.56 Å². The largest absolute Gasteiger partial charge is 0.462 e. The van der Waals surface area contributed by atoms with Gasteiger partial charge in [-0.25, -0.2) is 4.79 Å². The molecule has 5 nitrogen and oxygen atoms in total. The van der Waals surface area contributed by atoms with Gasteiger partial charge >= 0.3 is 11.9 Å². The van der Waals surface area contributed by atoms with Crippen molar-refractivity contribution in [2.24, 2.45) is 0 Å². The molecule has 0 amide bonds. The molecule has 0 atom stereocenters. The molecule has 0 radical (unpaired) electrons. The van der Waals surface area contributed by atoms with Crippen LogP contribution in [0.3, 0.4) is 0 Å². The summed E-state index contributed by atoms with van der Waals surface area (Å²) in [5, 5.41) is 0. The number of aryl methyl sites for hydroxylation is 1. The highest BCUT2D eigenvalue weighted by atomic mass is 32.2. The number of ether oxygens (including phenoxy) is 1. The SMILES string of the molecule is CCOC(=O)C(F)(F)CCCCCOS(=O)(=O)c1ccc(C)cc1. The summed E-state index contributed by atoms with van der Waals surface area (Å²) < 4.78 is 59.7. The first-order valence-electron chi connectivity index (χ1n) is 7.70. The molecular weight excluding hydrogens is 342 g/mol. The second-order valence-electron chi connectivity index (χ2n) is 5.32. The summed E-state index contributed by atoms with van der Waals surface area (Å²) in [6.45, 7) is 3.10. The zero-order chi connectivity index (χ0) is 18.2. The van der Waals surface area contributed by atoms with E-state index in [1.807, 2.05) is 6.92 Å². The van der Waals surface area contributed by atoms with Gasteiger partial charge in [0, 0.05) is 6.42 Å². The molecule has 1 aromatic carbocycles. The van der Waals surface area contributed by atoms with Crippen molar-refractivity contribution < 1.29 is 30.9 Å². The van der Waals surface area contributed by atoms with E-state index in [1.165, 1.54) is 19.1 Å². The van der Waals surface area contributed by atoms with E-state index in [-0.39, 0.29) is 24.5 Å². The maximum Gasteiger partial charge on any atom is 0.376 e. The Kier molecular flexibility index (Phi) is 7.75. The molecule has 0 aliphatic heterocycles. The third-order valence-corrected chi connectivity index (χ3v) is 4.58. The average molecular weight is 364 g/mol. The van der Waals surface area contributed by atoms with Crippen LogP contribution in [0, 0.1) is 6.92 Å². The number of esters is 1. The number of hydrogen-bond acceptors (Lipinski definition) is 5. The van der Waals surface area contributed by atoms with Gasteiger partial charge in [-0.1, -0.05) is 24.1 Å². The van der Waals surface area contributed by atoms with Gasteiger partial charge < -0.3 is 4.74 Å². The molecule has 0 aromatic heterocycles. The monoisotopic (exact) mass is 364 g/mol. The van der Waals surface area contributed by atoms with Crippen LogP contribution in [0.1, 0.15) is 38.2 Å². The van der Waals surface area contributed by atoms with Gasteiger partial charge in [-0.05, 0) is 38.8 Å². The minimum atomic E-state index is -3.84. The third-order valence-electron chi connectivity index (χ3n) is 3.26. The number of halogens is 2. The van der Waals surface area contributed by atoms with Gasteiger partial charge in [0.05, 0.1) is 18.1 Å². The van der Waals surface area contributed by atoms with Crippen LogP contribution in [0.25, 0.3) is 0 Å². The summed E-state index contributed by atoms with van der Waals surface area (Å²) in [4.78, 5) is 11.1. The fourth-order valence-corrected chi connectivity index (χ4v) is 2.85. The van der Waals surface area contributed by atoms with Crippen molar-refractivity contribution in [1.29, 1.82) is 0 Å². The lowest BCUT2D eigenvalue weighted by Gasteiger charge is -2.14. The summed E-state index contributed by atoms with van der Waals surface area (Å²) in [5.74, 6) is -5.03. The highest BCUT2D eigenvalue weighted by Gasteiger charge is 2.39. The number of carbonyl (C=O) groups is 1. The molecule has 0 heterocycles. The first-order chi connectivity index (χ1) is 11.2. The van der Waals surface area contributed by atoms with Crippen molar-refractivity contribution in [2.45, 2.75) is 50.3 Å². The number of hydrogen-bond donors (Lipinski definition) is 0. The molecule has 0 bridgehead atoms. The highest BCUT2D eigenvalue weighted by molar-refractivity contribution is 7.86. The van der Waals surface area contributed by atoms with Crippen LogP contribution in [0.2, 0.25) is 0 Å². The fourth-order valence-electron chi connectivity index (χ4n) is 1.91. The molecule has 1 rings (SSSR count). The number of carbonyl (C=O) groups excluding carboxylic acids is 1. The summed E-state index contributed by atoms with van der Waals surface area (Å²) in [7, 11) is -3.84. The summed E-state index contributed by atoms with van der Waals surface area (Å²) in [6, 6.07) is 6.22. The van der Waals surface area contributed by atoms with E-state index in [4.69, 9.17) is 4.18 Å². The number of unbranched alkanes of at least 4 members (excludes halogenated alkanes) is 2. The van der Waals surface area contributed by atoms with Gasteiger partial charge in [0.2, 0.25) is 0 Å². The van der Waals surface area contributed by atoms with Gasteiger partial charge in [-0.15, -0.1) is 0 Å². The molecule has 0 aliphatic carbocycles. The van der Waals surface area contributed by atoms with Crippen LogP contribution in [-0.2, 0) is 23.8 Å². The van der Waals surface area contributed by atoms with Gasteiger partial charge in [-0.3, -0.25) is 4.18 Å². The lowest BCUT2D eigenvalue weighted by atomic mass is 10.1. The van der Waals surface area contributed by atoms with Crippen molar-refractivity contribution in [3.8, 4) is 0 Å². The topological polar surface area (TPSA) is 69.7 Å². The maximum atomic E-state index is 13.4. The second-order valence-corrected chi connectivity index (χ2v) is 6.94. The normalized spacial score (nSPS) is 12.2. The Hall–Kier alpha value is -1.54. The number of benzene rings is 1. The van der Waals surface area contributed by atoms with E-state index in [9.17, 15) is 22.0 Å². The lowest BCUT2D eigenvalue weighted by Crippen LogP contribution is -2.30. The molecule has 8 heteroatoms. The van der Waals surface area contributed by atoms with Gasteiger partial charge in [0.25, 0.3) is 10.1 Å². The van der Waals surface area contributed by atoms with Crippen molar-refractivity contribution in [3.05, 3.63) is 29.8 Å². The number of alkyl halides is 2. The van der Waals surface area contributed by atoms with E-state index in [1.54, 1.807) is 12.1 Å². The molecule has 24 heavy (non-hydrogen) atoms. The summed E-state index contributed by atoms with van der Waals surface area (Å²) in [5.41, 5.74) is 0.927. The van der Waals surface area contributed by atoms with Crippen LogP contribution in [0.15, 0.2) is 29.2 Å². The van der Waals surface area contributed by atoms with Crippen LogP contribution in [-0.4, -0.2) is 33.5 Å². The van der Waals surface area contributed by atoms with Crippen molar-refractivity contribution >= 4 is 16.1 Å². The van der Waals surface area contributed by atoms with Crippen LogP contribution >= 0.6 is 0 Å². The average Bonchev–Trinajstić information content (AvgIpc) is 2.51. The Morgan fingerprint density at radius 2 is 1.75 bits per heavy atom. The van der Waals surface area contributed by atoms with E-state index < -0.39 is 28.4 Å². The Morgan fingerprint density at radius 3 is 2.33 bits per heavy atom.